The molecule has 0 aliphatic rings. The van der Waals surface area contributed by atoms with Crippen LogP contribution >= 0.6 is 0 Å². The van der Waals surface area contributed by atoms with Crippen molar-refractivity contribution in [1.29, 1.82) is 0 Å². The normalized spacial score (nSPS) is 15.8. The van der Waals surface area contributed by atoms with Crippen LogP contribution in [0.1, 0.15) is 54.4 Å². The Bertz CT molecular complexity index is 421. The molecule has 0 spiro atoms. The van der Waals surface area contributed by atoms with Gasteiger partial charge in [-0.15, -0.1) is 0 Å². The van der Waals surface area contributed by atoms with E-state index in [1.165, 1.54) is 6.92 Å². The Morgan fingerprint density at radius 3 is 2.08 bits per heavy atom. The molecule has 2 atom stereocenters. The van der Waals surface area contributed by atoms with E-state index in [1.807, 2.05) is 0 Å². The molecule has 0 aromatic carbocycles. The Kier molecular flexibility index (Phi) is 8.60. The zero-order valence-corrected chi connectivity index (χ0v) is 15.3. The van der Waals surface area contributed by atoms with Crippen molar-refractivity contribution in [3.63, 3.8) is 0 Å². The first-order valence-electron chi connectivity index (χ1n) is 8.00. The van der Waals surface area contributed by atoms with Crippen LogP contribution in [0, 0.1) is 11.3 Å². The topological polar surface area (TPSA) is 90.7 Å². The Labute approximate surface area is 142 Å². The molecule has 0 radical (unpaired) electrons. The zero-order chi connectivity index (χ0) is 19.1. The molecule has 1 amide bonds. The Morgan fingerprint density at radius 1 is 1.12 bits per heavy atom. The van der Waals surface area contributed by atoms with Crippen LogP contribution in [0.4, 0.5) is 13.6 Å². The van der Waals surface area contributed by atoms with Crippen LogP contribution < -0.4 is 11.1 Å². The molecule has 2 unspecified atom stereocenters. The van der Waals surface area contributed by atoms with Crippen LogP contribution in [0.2, 0.25) is 0 Å². The molecule has 0 saturated carbocycles. The summed E-state index contributed by atoms with van der Waals surface area (Å²) in [5.41, 5.74) is 3.14. The number of carbonyl (C=O) groups is 2. The quantitative estimate of drug-likeness (QED) is 0.398. The fourth-order valence-corrected chi connectivity index (χ4v) is 1.49. The summed E-state index contributed by atoms with van der Waals surface area (Å²) in [6.45, 7) is 9.97. The van der Waals surface area contributed by atoms with E-state index in [-0.39, 0.29) is 25.3 Å². The van der Waals surface area contributed by atoms with E-state index in [0.29, 0.717) is 0 Å². The maximum absolute atomic E-state index is 12.6. The number of alkyl carbamates (subject to hydrolysis) is 1. The second-order valence-electron chi connectivity index (χ2n) is 7.51. The molecule has 0 aliphatic carbocycles. The van der Waals surface area contributed by atoms with Gasteiger partial charge in [-0.05, 0) is 40.5 Å². The number of esters is 1. The van der Waals surface area contributed by atoms with Crippen LogP contribution in [0.25, 0.3) is 0 Å². The van der Waals surface area contributed by atoms with Gasteiger partial charge >= 0.3 is 12.1 Å². The lowest BCUT2D eigenvalue weighted by atomic mass is 9.97. The van der Waals surface area contributed by atoms with Gasteiger partial charge in [0.25, 0.3) is 12.7 Å². The predicted molar refractivity (Wildman–Crippen MR) is 86.5 cm³/mol. The van der Waals surface area contributed by atoms with E-state index in [1.54, 1.807) is 34.6 Å². The van der Waals surface area contributed by atoms with E-state index >= 15 is 0 Å². The number of alkyl halides is 2. The number of hydrogen-bond donors (Lipinski definition) is 2. The summed E-state index contributed by atoms with van der Waals surface area (Å²) in [5, 5.41) is 2.44. The molecule has 0 bridgehead atoms. The summed E-state index contributed by atoms with van der Waals surface area (Å²) < 4.78 is 35.5. The first-order valence-corrected chi connectivity index (χ1v) is 8.00. The third kappa shape index (κ3) is 8.42. The number of ether oxygens (including phenoxy) is 2. The second kappa shape index (κ2) is 9.15. The Balaban J connectivity index is 4.33. The van der Waals surface area contributed by atoms with E-state index < -0.39 is 35.7 Å². The highest BCUT2D eigenvalue weighted by Gasteiger charge is 2.31. The van der Waals surface area contributed by atoms with Gasteiger partial charge in [-0.25, -0.2) is 13.6 Å². The van der Waals surface area contributed by atoms with Gasteiger partial charge in [-0.2, -0.15) is 0 Å². The van der Waals surface area contributed by atoms with Crippen molar-refractivity contribution in [2.24, 2.45) is 17.1 Å². The van der Waals surface area contributed by atoms with Crippen LogP contribution in [0.5, 0.6) is 0 Å². The minimum Gasteiger partial charge on any atom is -0.424 e. The van der Waals surface area contributed by atoms with Gasteiger partial charge < -0.3 is 20.5 Å². The SMILES string of the molecule is CC(C)C(OC(=O)NCCCC(C)(N)C(F)F)OC(=O)C(C)(C)C. The third-order valence-electron chi connectivity index (χ3n) is 3.26. The van der Waals surface area contributed by atoms with Gasteiger partial charge in [0.15, 0.2) is 0 Å². The maximum atomic E-state index is 12.6. The first-order chi connectivity index (χ1) is 10.8. The summed E-state index contributed by atoms with van der Waals surface area (Å²) in [4.78, 5) is 23.6. The molecule has 0 aromatic heterocycles. The molecule has 3 N–H and O–H groups in total. The molecule has 0 aliphatic heterocycles. The number of amides is 1. The fraction of sp³-hybridized carbons (Fsp3) is 0.875. The molecule has 0 heterocycles. The van der Waals surface area contributed by atoms with Crippen LogP contribution in [-0.2, 0) is 14.3 Å². The van der Waals surface area contributed by atoms with Gasteiger partial charge in [-0.1, -0.05) is 13.8 Å². The molecule has 0 rings (SSSR count). The lowest BCUT2D eigenvalue weighted by Crippen LogP contribution is -2.44. The minimum atomic E-state index is -2.63. The van der Waals surface area contributed by atoms with Crippen molar-refractivity contribution in [2.75, 3.05) is 6.54 Å². The first kappa shape index (κ1) is 22.6. The van der Waals surface area contributed by atoms with Crippen molar-refractivity contribution < 1.29 is 27.8 Å². The number of carbonyl (C=O) groups excluding carboxylic acids is 2. The molecule has 0 aromatic rings. The number of nitrogens with two attached hydrogens (primary N) is 1. The summed E-state index contributed by atoms with van der Waals surface area (Å²) in [7, 11) is 0. The van der Waals surface area contributed by atoms with Gasteiger partial charge in [0.05, 0.1) is 11.0 Å². The maximum Gasteiger partial charge on any atom is 0.410 e. The third-order valence-corrected chi connectivity index (χ3v) is 3.26. The van der Waals surface area contributed by atoms with Crippen molar-refractivity contribution in [3.05, 3.63) is 0 Å². The Morgan fingerprint density at radius 2 is 1.67 bits per heavy atom. The van der Waals surface area contributed by atoms with Crippen molar-refractivity contribution in [3.8, 4) is 0 Å². The Hall–Kier alpha value is -1.44. The highest BCUT2D eigenvalue weighted by molar-refractivity contribution is 5.75. The molecule has 8 heteroatoms. The number of hydrogen-bond acceptors (Lipinski definition) is 5. The fourth-order valence-electron chi connectivity index (χ4n) is 1.49. The molecule has 24 heavy (non-hydrogen) atoms. The lowest BCUT2D eigenvalue weighted by Gasteiger charge is -2.26. The van der Waals surface area contributed by atoms with Crippen LogP contribution in [-0.4, -0.2) is 36.9 Å². The van der Waals surface area contributed by atoms with E-state index in [4.69, 9.17) is 15.2 Å². The number of rotatable bonds is 8. The largest absolute Gasteiger partial charge is 0.424 e. The highest BCUT2D eigenvalue weighted by atomic mass is 19.3. The smallest absolute Gasteiger partial charge is 0.410 e. The van der Waals surface area contributed by atoms with E-state index in [9.17, 15) is 18.4 Å². The predicted octanol–water partition coefficient (Wildman–Crippen LogP) is 3.05. The highest BCUT2D eigenvalue weighted by Crippen LogP contribution is 2.20. The average molecular weight is 352 g/mol. The summed E-state index contributed by atoms with van der Waals surface area (Å²) in [5.74, 6) is -0.710. The molecular weight excluding hydrogens is 322 g/mol. The number of halogens is 2. The molecule has 0 saturated heterocycles. The minimum absolute atomic E-state index is 0.0531. The zero-order valence-electron chi connectivity index (χ0n) is 15.3. The van der Waals surface area contributed by atoms with E-state index in [2.05, 4.69) is 5.32 Å². The van der Waals surface area contributed by atoms with Gasteiger partial charge in [0.2, 0.25) is 0 Å². The standard InChI is InChI=1S/C16H30F2N2O4/c1-10(2)11(23-13(21)15(3,4)5)24-14(22)20-9-7-8-16(6,19)12(17)18/h10-12H,7-9,19H2,1-6H3,(H,20,22). The van der Waals surface area contributed by atoms with Crippen molar-refractivity contribution in [2.45, 2.75) is 72.6 Å². The molecule has 6 nitrogen and oxygen atoms in total. The van der Waals surface area contributed by atoms with Crippen molar-refractivity contribution in [1.82, 2.24) is 5.32 Å². The molecular formula is C16H30F2N2O4. The van der Waals surface area contributed by atoms with Crippen LogP contribution in [0.15, 0.2) is 0 Å². The molecule has 0 fully saturated rings. The number of nitrogens with one attached hydrogen (secondary N) is 1. The monoisotopic (exact) mass is 352 g/mol. The van der Waals surface area contributed by atoms with Gasteiger partial charge in [-0.3, -0.25) is 4.79 Å². The lowest BCUT2D eigenvalue weighted by molar-refractivity contribution is -0.184. The summed E-state index contributed by atoms with van der Waals surface area (Å²) >= 11 is 0. The van der Waals surface area contributed by atoms with Gasteiger partial charge in [0, 0.05) is 12.5 Å². The van der Waals surface area contributed by atoms with Gasteiger partial charge in [0.1, 0.15) is 0 Å². The van der Waals surface area contributed by atoms with Crippen LogP contribution in [0.3, 0.4) is 0 Å². The molecule has 142 valence electrons. The summed E-state index contributed by atoms with van der Waals surface area (Å²) in [6.07, 6.45) is -4.09. The second-order valence-corrected chi connectivity index (χ2v) is 7.51. The van der Waals surface area contributed by atoms with E-state index in [0.717, 1.165) is 0 Å². The summed E-state index contributed by atoms with van der Waals surface area (Å²) in [6, 6.07) is 0. The van der Waals surface area contributed by atoms with Crippen molar-refractivity contribution >= 4 is 12.1 Å². The average Bonchev–Trinajstić information content (AvgIpc) is 2.41.